The molecule has 0 spiro atoms. The van der Waals surface area contributed by atoms with E-state index in [4.69, 9.17) is 5.10 Å². The van der Waals surface area contributed by atoms with E-state index in [1.807, 2.05) is 11.0 Å². The van der Waals surface area contributed by atoms with Crippen LogP contribution < -0.4 is 10.2 Å². The van der Waals surface area contributed by atoms with Gasteiger partial charge in [-0.05, 0) is 80.5 Å². The molecule has 3 saturated heterocycles. The van der Waals surface area contributed by atoms with Crippen LogP contribution in [-0.4, -0.2) is 80.1 Å². The van der Waals surface area contributed by atoms with E-state index in [1.165, 1.54) is 37.9 Å². The smallest absolute Gasteiger partial charge is 0.264 e. The molecule has 5 aliphatic heterocycles. The molecule has 2 unspecified atom stereocenters. The molecule has 2 atom stereocenters. The Morgan fingerprint density at radius 1 is 1.04 bits per heavy atom. The van der Waals surface area contributed by atoms with Gasteiger partial charge in [-0.1, -0.05) is 0 Å². The van der Waals surface area contributed by atoms with Crippen LogP contribution in [0.3, 0.4) is 0 Å². The number of hydrogen-bond acceptors (Lipinski definition) is 6. The lowest BCUT2D eigenvalue weighted by Gasteiger charge is -2.37. The van der Waals surface area contributed by atoms with Gasteiger partial charge in [-0.15, -0.1) is 0 Å². The molecule has 2 aromatic heterocycles. The summed E-state index contributed by atoms with van der Waals surface area (Å²) in [6, 6.07) is 5.38. The Morgan fingerprint density at radius 2 is 1.83 bits per heavy atom. The van der Waals surface area contributed by atoms with E-state index >= 15 is 0 Å². The van der Waals surface area contributed by atoms with E-state index in [0.717, 1.165) is 85.8 Å². The number of halogens is 2. The number of fused-ring (bicyclic) bond motifs is 4. The van der Waals surface area contributed by atoms with Crippen molar-refractivity contribution in [3.63, 3.8) is 0 Å². The fraction of sp³-hybridized carbons (Fsp3) is 0.629. The standard InChI is InChI=1S/C35H46F2N8O/c1-22(46)43-13-9-32-31(21-43)35(40-45(32)28-7-11-42(12-8-28)19-23-14-26-5-6-27(15-23)39-26)44-10-3-4-24-16-29(25-18-38-41(2)20-25)30(34(36)37)17-33(24)44/h16-18,20,23,26-28,34,39H,3-15,19,21H2,1-2H3. The van der Waals surface area contributed by atoms with Crippen molar-refractivity contribution in [2.45, 2.75) is 95.8 Å². The van der Waals surface area contributed by atoms with Crippen molar-refractivity contribution in [1.82, 2.24) is 34.7 Å². The van der Waals surface area contributed by atoms with Crippen LogP contribution in [-0.2, 0) is 31.2 Å². The number of carbonyl (C=O) groups excluding carboxylic acids is 1. The summed E-state index contributed by atoms with van der Waals surface area (Å²) in [6.07, 6.45) is 10.8. The highest BCUT2D eigenvalue weighted by Gasteiger charge is 2.37. The van der Waals surface area contributed by atoms with Crippen molar-refractivity contribution in [2.24, 2.45) is 13.0 Å². The number of aromatic nitrogens is 4. The molecule has 0 radical (unpaired) electrons. The molecule has 0 saturated carbocycles. The van der Waals surface area contributed by atoms with Gasteiger partial charge in [0.25, 0.3) is 6.43 Å². The van der Waals surface area contributed by atoms with Crippen molar-refractivity contribution in [1.29, 1.82) is 0 Å². The topological polar surface area (TPSA) is 74.5 Å². The summed E-state index contributed by atoms with van der Waals surface area (Å²) in [6.45, 7) is 6.90. The van der Waals surface area contributed by atoms with Gasteiger partial charge in [-0.2, -0.15) is 10.2 Å². The third-order valence-electron chi connectivity index (χ3n) is 11.4. The summed E-state index contributed by atoms with van der Waals surface area (Å²) < 4.78 is 33.1. The predicted molar refractivity (Wildman–Crippen MR) is 173 cm³/mol. The van der Waals surface area contributed by atoms with Crippen LogP contribution in [0.1, 0.15) is 86.7 Å². The zero-order chi connectivity index (χ0) is 31.5. The molecule has 1 N–H and O–H groups in total. The van der Waals surface area contributed by atoms with Gasteiger partial charge in [0.05, 0.1) is 18.8 Å². The molecule has 3 fully saturated rings. The van der Waals surface area contributed by atoms with Gasteiger partial charge in [0.1, 0.15) is 0 Å². The number of likely N-dealkylation sites (tertiary alicyclic amines) is 1. The molecular weight excluding hydrogens is 586 g/mol. The first-order chi connectivity index (χ1) is 22.3. The number of carbonyl (C=O) groups is 1. The highest BCUT2D eigenvalue weighted by atomic mass is 19.3. The minimum Gasteiger partial charge on any atom is -0.338 e. The minimum atomic E-state index is -2.62. The number of aryl methyl sites for hydroxylation is 2. The summed E-state index contributed by atoms with van der Waals surface area (Å²) in [5, 5.41) is 13.4. The van der Waals surface area contributed by atoms with Crippen LogP contribution in [0.5, 0.6) is 0 Å². The SMILES string of the molecule is CC(=O)N1CCc2c(c(N3CCCc4cc(-c5cnn(C)c5)c(C(F)F)cc43)nn2C2CCN(CC3CC4CCC(C3)N4)CC2)C1. The Bertz CT molecular complexity index is 1600. The van der Waals surface area contributed by atoms with E-state index in [2.05, 4.69) is 24.9 Å². The maximum atomic E-state index is 14.6. The second-order valence-corrected chi connectivity index (χ2v) is 14.4. The lowest BCUT2D eigenvalue weighted by Crippen LogP contribution is -2.44. The third kappa shape index (κ3) is 5.53. The summed E-state index contributed by atoms with van der Waals surface area (Å²) in [4.78, 5) is 19.3. The number of benzene rings is 1. The number of nitrogens with one attached hydrogen (secondary N) is 1. The second kappa shape index (κ2) is 12.0. The molecule has 0 aliphatic carbocycles. The van der Waals surface area contributed by atoms with Gasteiger partial charge in [0, 0.05) is 99.5 Å². The monoisotopic (exact) mass is 632 g/mol. The first-order valence-corrected chi connectivity index (χ1v) is 17.4. The van der Waals surface area contributed by atoms with Gasteiger partial charge in [0.2, 0.25) is 5.91 Å². The van der Waals surface area contributed by atoms with E-state index in [9.17, 15) is 13.6 Å². The lowest BCUT2D eigenvalue weighted by molar-refractivity contribution is -0.129. The Balaban J connectivity index is 1.09. The molecule has 46 heavy (non-hydrogen) atoms. The molecule has 2 bridgehead atoms. The van der Waals surface area contributed by atoms with E-state index in [-0.39, 0.29) is 11.5 Å². The summed E-state index contributed by atoms with van der Waals surface area (Å²) in [7, 11) is 1.80. The van der Waals surface area contributed by atoms with Crippen LogP contribution in [0.15, 0.2) is 24.5 Å². The predicted octanol–water partition coefficient (Wildman–Crippen LogP) is 5.38. The molecule has 3 aromatic rings. The number of piperidine rings is 2. The number of hydrogen-bond donors (Lipinski definition) is 1. The number of alkyl halides is 2. The van der Waals surface area contributed by atoms with E-state index < -0.39 is 6.43 Å². The largest absolute Gasteiger partial charge is 0.338 e. The van der Waals surface area contributed by atoms with Crippen LogP contribution in [0, 0.1) is 5.92 Å². The molecule has 1 amide bonds. The average molecular weight is 633 g/mol. The molecule has 246 valence electrons. The third-order valence-corrected chi connectivity index (χ3v) is 11.4. The average Bonchev–Trinajstić information content (AvgIpc) is 3.76. The van der Waals surface area contributed by atoms with Crippen molar-refractivity contribution in [3.8, 4) is 11.1 Å². The van der Waals surface area contributed by atoms with Crippen LogP contribution >= 0.6 is 0 Å². The highest BCUT2D eigenvalue weighted by molar-refractivity contribution is 5.78. The van der Waals surface area contributed by atoms with E-state index in [0.29, 0.717) is 36.8 Å². The maximum Gasteiger partial charge on any atom is 0.264 e. The summed E-state index contributed by atoms with van der Waals surface area (Å²) in [5.74, 6) is 1.70. The fourth-order valence-electron chi connectivity index (χ4n) is 9.11. The van der Waals surface area contributed by atoms with Crippen LogP contribution in [0.4, 0.5) is 20.3 Å². The summed E-state index contributed by atoms with van der Waals surface area (Å²) >= 11 is 0. The fourth-order valence-corrected chi connectivity index (χ4v) is 9.11. The Labute approximate surface area is 269 Å². The van der Waals surface area contributed by atoms with Gasteiger partial charge < -0.3 is 20.0 Å². The summed E-state index contributed by atoms with van der Waals surface area (Å²) in [5.41, 5.74) is 5.43. The molecule has 8 rings (SSSR count). The minimum absolute atomic E-state index is 0.0199. The Kier molecular flexibility index (Phi) is 7.87. The normalized spacial score (nSPS) is 25.3. The maximum absolute atomic E-state index is 14.6. The molecule has 9 nitrogen and oxygen atoms in total. The van der Waals surface area contributed by atoms with Crippen molar-refractivity contribution >= 4 is 17.4 Å². The number of anilines is 2. The zero-order valence-electron chi connectivity index (χ0n) is 27.1. The molecule has 11 heteroatoms. The zero-order valence-corrected chi connectivity index (χ0v) is 27.1. The number of nitrogens with zero attached hydrogens (tertiary/aromatic N) is 7. The first-order valence-electron chi connectivity index (χ1n) is 17.4. The van der Waals surface area contributed by atoms with Crippen LogP contribution in [0.2, 0.25) is 0 Å². The van der Waals surface area contributed by atoms with Gasteiger partial charge in [-0.3, -0.25) is 14.2 Å². The lowest BCUT2D eigenvalue weighted by atomic mass is 9.91. The molecule has 7 heterocycles. The number of amides is 1. The van der Waals surface area contributed by atoms with Crippen LogP contribution in [0.25, 0.3) is 11.1 Å². The van der Waals surface area contributed by atoms with Gasteiger partial charge in [0.15, 0.2) is 5.82 Å². The van der Waals surface area contributed by atoms with Gasteiger partial charge >= 0.3 is 0 Å². The highest BCUT2D eigenvalue weighted by Crippen LogP contribution is 2.44. The van der Waals surface area contributed by atoms with Gasteiger partial charge in [-0.25, -0.2) is 8.78 Å². The molecule has 5 aliphatic rings. The Hall–Kier alpha value is -3.31. The molecular formula is C35H46F2N8O. The van der Waals surface area contributed by atoms with Crippen molar-refractivity contribution in [2.75, 3.05) is 37.6 Å². The van der Waals surface area contributed by atoms with Crippen molar-refractivity contribution in [3.05, 3.63) is 46.9 Å². The first kappa shape index (κ1) is 30.1. The molecule has 1 aromatic carbocycles. The van der Waals surface area contributed by atoms with Crippen molar-refractivity contribution < 1.29 is 13.6 Å². The van der Waals surface area contributed by atoms with E-state index in [1.54, 1.807) is 37.1 Å². The quantitative estimate of drug-likeness (QED) is 0.394. The Morgan fingerprint density at radius 3 is 2.52 bits per heavy atom. The second-order valence-electron chi connectivity index (χ2n) is 14.4. The number of rotatable bonds is 6.